The Morgan fingerprint density at radius 3 is 1.91 bits per heavy atom. The fraction of sp³-hybridized carbons (Fsp3) is 0.211. The van der Waals surface area contributed by atoms with E-state index in [-0.39, 0.29) is 0 Å². The molecular weight excluding hydrogens is 284 g/mol. The lowest BCUT2D eigenvalue weighted by Crippen LogP contribution is -2.03. The van der Waals surface area contributed by atoms with Crippen molar-refractivity contribution in [3.05, 3.63) is 77.9 Å². The molecule has 23 heavy (non-hydrogen) atoms. The van der Waals surface area contributed by atoms with E-state index in [0.717, 1.165) is 30.6 Å². The molecule has 1 heterocycles. The number of rotatable bonds is 6. The third-order valence-corrected chi connectivity index (χ3v) is 4.17. The number of nitrogens with one attached hydrogen (secondary N) is 1. The highest BCUT2D eigenvalue weighted by Crippen LogP contribution is 2.30. The molecule has 0 unspecified atom stereocenters. The van der Waals surface area contributed by atoms with Crippen molar-refractivity contribution in [2.24, 2.45) is 0 Å². The molecule has 5 N–H and O–H groups in total. The van der Waals surface area contributed by atoms with Crippen LogP contribution >= 0.6 is 0 Å². The van der Waals surface area contributed by atoms with Gasteiger partial charge in [-0.2, -0.15) is 0 Å². The van der Waals surface area contributed by atoms with Gasteiger partial charge in [-0.15, -0.1) is 0 Å². The van der Waals surface area contributed by atoms with Crippen molar-refractivity contribution in [1.82, 2.24) is 9.97 Å². The van der Waals surface area contributed by atoms with Crippen molar-refractivity contribution in [3.8, 4) is 0 Å². The van der Waals surface area contributed by atoms with Crippen molar-refractivity contribution in [1.29, 1.82) is 0 Å². The summed E-state index contributed by atoms with van der Waals surface area (Å²) < 4.78 is 0. The summed E-state index contributed by atoms with van der Waals surface area (Å²) in [4.78, 5) is 7.23. The van der Waals surface area contributed by atoms with Gasteiger partial charge in [-0.05, 0) is 54.7 Å². The summed E-state index contributed by atoms with van der Waals surface area (Å²) in [6.07, 6.45) is 6.77. The molecule has 118 valence electrons. The Morgan fingerprint density at radius 1 is 0.870 bits per heavy atom. The second-order valence-electron chi connectivity index (χ2n) is 5.85. The number of hydrogen-bond acceptors (Lipinski definition) is 3. The second-order valence-corrected chi connectivity index (χ2v) is 5.85. The molecule has 0 aliphatic carbocycles. The number of aromatic amines is 1. The first-order valence-corrected chi connectivity index (χ1v) is 7.90. The van der Waals surface area contributed by atoms with Crippen LogP contribution in [0.1, 0.15) is 35.6 Å². The number of imidazole rings is 1. The van der Waals surface area contributed by atoms with Gasteiger partial charge in [-0.25, -0.2) is 4.98 Å². The zero-order chi connectivity index (χ0) is 16.1. The maximum atomic E-state index is 5.82. The smallest absolute Gasteiger partial charge is 0.0921 e. The fourth-order valence-electron chi connectivity index (χ4n) is 2.90. The number of aryl methyl sites for hydroxylation is 1. The molecule has 3 rings (SSSR count). The molecule has 2 aromatic carbocycles. The molecule has 0 aliphatic heterocycles. The molecule has 3 aromatic rings. The van der Waals surface area contributed by atoms with Crippen molar-refractivity contribution < 1.29 is 0 Å². The Kier molecular flexibility index (Phi) is 4.62. The molecule has 0 atom stereocenters. The van der Waals surface area contributed by atoms with Crippen LogP contribution in [0.2, 0.25) is 0 Å². The van der Waals surface area contributed by atoms with Crippen LogP contribution in [0.3, 0.4) is 0 Å². The standard InChI is InChI=1S/C19H22N4/c20-16-8-4-14(5-9-16)19(15-6-10-17(21)11-7-15)3-1-2-18-12-22-13-23-18/h4-13,19H,1-3,20-21H2,(H,22,23). The minimum absolute atomic E-state index is 0.346. The molecule has 0 bridgehead atoms. The Hall–Kier alpha value is -2.75. The molecule has 0 saturated carbocycles. The van der Waals surface area contributed by atoms with E-state index in [4.69, 9.17) is 11.5 Å². The van der Waals surface area contributed by atoms with Crippen LogP contribution in [-0.2, 0) is 6.42 Å². The number of nitrogens with zero attached hydrogens (tertiary/aromatic N) is 1. The van der Waals surface area contributed by atoms with E-state index >= 15 is 0 Å². The SMILES string of the molecule is Nc1ccc(C(CCCc2cnc[nH]2)c2ccc(N)cc2)cc1. The van der Waals surface area contributed by atoms with E-state index in [1.807, 2.05) is 30.5 Å². The average Bonchev–Trinajstić information content (AvgIpc) is 3.07. The first-order valence-electron chi connectivity index (χ1n) is 7.90. The molecule has 0 radical (unpaired) electrons. The predicted octanol–water partition coefficient (Wildman–Crippen LogP) is 3.73. The molecule has 0 aliphatic rings. The van der Waals surface area contributed by atoms with Crippen LogP contribution in [-0.4, -0.2) is 9.97 Å². The Morgan fingerprint density at radius 2 is 1.43 bits per heavy atom. The number of anilines is 2. The fourth-order valence-corrected chi connectivity index (χ4v) is 2.90. The number of hydrogen-bond donors (Lipinski definition) is 3. The van der Waals surface area contributed by atoms with Crippen LogP contribution < -0.4 is 11.5 Å². The van der Waals surface area contributed by atoms with Crippen LogP contribution in [0, 0.1) is 0 Å². The summed E-state index contributed by atoms with van der Waals surface area (Å²) in [6.45, 7) is 0. The first kappa shape index (κ1) is 15.2. The molecule has 0 saturated heterocycles. The van der Waals surface area contributed by atoms with Crippen molar-refractivity contribution in [3.63, 3.8) is 0 Å². The highest BCUT2D eigenvalue weighted by atomic mass is 14.9. The lowest BCUT2D eigenvalue weighted by molar-refractivity contribution is 0.656. The summed E-state index contributed by atoms with van der Waals surface area (Å²) in [6, 6.07) is 16.3. The van der Waals surface area contributed by atoms with E-state index in [9.17, 15) is 0 Å². The highest BCUT2D eigenvalue weighted by Gasteiger charge is 2.14. The Labute approximate surface area is 136 Å². The van der Waals surface area contributed by atoms with E-state index in [1.54, 1.807) is 6.33 Å². The van der Waals surface area contributed by atoms with Gasteiger partial charge in [0.25, 0.3) is 0 Å². The van der Waals surface area contributed by atoms with E-state index in [2.05, 4.69) is 34.2 Å². The quantitative estimate of drug-likeness (QED) is 0.607. The molecule has 4 nitrogen and oxygen atoms in total. The van der Waals surface area contributed by atoms with Crippen molar-refractivity contribution in [2.45, 2.75) is 25.2 Å². The van der Waals surface area contributed by atoms with Gasteiger partial charge in [-0.1, -0.05) is 24.3 Å². The van der Waals surface area contributed by atoms with Crippen molar-refractivity contribution >= 4 is 11.4 Å². The second kappa shape index (κ2) is 7.01. The number of benzene rings is 2. The summed E-state index contributed by atoms with van der Waals surface area (Å²) in [5.41, 5.74) is 17.0. The van der Waals surface area contributed by atoms with Gasteiger partial charge in [-0.3, -0.25) is 0 Å². The van der Waals surface area contributed by atoms with Crippen LogP contribution in [0.25, 0.3) is 0 Å². The van der Waals surface area contributed by atoms with E-state index in [1.165, 1.54) is 16.8 Å². The average molecular weight is 306 g/mol. The molecular formula is C19H22N4. The molecule has 4 heteroatoms. The predicted molar refractivity (Wildman–Crippen MR) is 95.1 cm³/mol. The number of nitrogens with two attached hydrogens (primary N) is 2. The third-order valence-electron chi connectivity index (χ3n) is 4.17. The number of H-pyrrole nitrogens is 1. The normalized spacial score (nSPS) is 11.0. The zero-order valence-corrected chi connectivity index (χ0v) is 13.1. The molecule has 1 aromatic heterocycles. The van der Waals surface area contributed by atoms with Gasteiger partial charge in [0, 0.05) is 29.2 Å². The van der Waals surface area contributed by atoms with Gasteiger partial charge in [0.15, 0.2) is 0 Å². The highest BCUT2D eigenvalue weighted by molar-refractivity contribution is 5.45. The van der Waals surface area contributed by atoms with Crippen LogP contribution in [0.4, 0.5) is 11.4 Å². The third kappa shape index (κ3) is 3.92. The largest absolute Gasteiger partial charge is 0.399 e. The molecule has 0 spiro atoms. The number of nitrogen functional groups attached to an aromatic ring is 2. The lowest BCUT2D eigenvalue weighted by atomic mass is 9.86. The summed E-state index contributed by atoms with van der Waals surface area (Å²) in [5, 5.41) is 0. The Balaban J connectivity index is 1.77. The minimum Gasteiger partial charge on any atom is -0.399 e. The number of aromatic nitrogens is 2. The van der Waals surface area contributed by atoms with Gasteiger partial charge < -0.3 is 16.5 Å². The first-order chi connectivity index (χ1) is 11.2. The van der Waals surface area contributed by atoms with E-state index in [0.29, 0.717) is 5.92 Å². The van der Waals surface area contributed by atoms with Gasteiger partial charge >= 0.3 is 0 Å². The van der Waals surface area contributed by atoms with Crippen LogP contribution in [0.15, 0.2) is 61.1 Å². The minimum atomic E-state index is 0.346. The Bertz CT molecular complexity index is 670. The van der Waals surface area contributed by atoms with Crippen molar-refractivity contribution in [2.75, 3.05) is 11.5 Å². The van der Waals surface area contributed by atoms with Gasteiger partial charge in [0.1, 0.15) is 0 Å². The van der Waals surface area contributed by atoms with Gasteiger partial charge in [0.2, 0.25) is 0 Å². The topological polar surface area (TPSA) is 80.7 Å². The van der Waals surface area contributed by atoms with Gasteiger partial charge in [0.05, 0.1) is 6.33 Å². The monoisotopic (exact) mass is 306 g/mol. The lowest BCUT2D eigenvalue weighted by Gasteiger charge is -2.18. The summed E-state index contributed by atoms with van der Waals surface area (Å²) >= 11 is 0. The maximum absolute atomic E-state index is 5.82. The summed E-state index contributed by atoms with van der Waals surface area (Å²) in [7, 11) is 0. The molecule has 0 fully saturated rings. The zero-order valence-electron chi connectivity index (χ0n) is 13.1. The summed E-state index contributed by atoms with van der Waals surface area (Å²) in [5.74, 6) is 0.346. The van der Waals surface area contributed by atoms with Crippen LogP contribution in [0.5, 0.6) is 0 Å². The van der Waals surface area contributed by atoms with E-state index < -0.39 is 0 Å². The molecule has 0 amide bonds. The maximum Gasteiger partial charge on any atom is 0.0921 e.